The van der Waals surface area contributed by atoms with Gasteiger partial charge in [-0.25, -0.2) is 15.0 Å². The first-order chi connectivity index (χ1) is 47.4. The van der Waals surface area contributed by atoms with E-state index in [-0.39, 0.29) is 84.5 Å². The molecule has 3 aromatic heterocycles. The Kier molecular flexibility index (Phi) is 14.9. The number of rotatable bonds is 9. The van der Waals surface area contributed by atoms with Crippen molar-refractivity contribution in [2.75, 3.05) is 0 Å². The van der Waals surface area contributed by atoms with Gasteiger partial charge in [-0.2, -0.15) is 68.4 Å². The van der Waals surface area contributed by atoms with Crippen LogP contribution in [-0.2, 0) is 12.4 Å². The number of halogens is 6. The molecule has 0 amide bonds. The Morgan fingerprint density at radius 2 is 0.520 bits per heavy atom. The molecule has 0 fully saturated rings. The lowest BCUT2D eigenvalue weighted by molar-refractivity contribution is -0.138. The standard InChI is InChI=1S/C79H35F6N13/c80-78(81,82)61-10-16-73(97-69-12-6-53(57-22-44(36-86)18-45(23-57)37-87)30-63(69)64-31-54(7-13-70(64)97)58-24-46(38-88)19-47(25-58)39-89)67(34-61)76-94-75(52-4-2-1-3-5-52)95-77(96-76)68-35-62(79(83,84)85)11-17-74(68)98-71-14-8-55(59-26-48(40-90)20-49(27-59)41-91)32-65(71)66-33-56(9-15-72(66)98)60-28-50(42-92)21-51(29-60)43-93/h1-35H. The van der Waals surface area contributed by atoms with Gasteiger partial charge in [0, 0.05) is 38.2 Å². The van der Waals surface area contributed by atoms with Crippen LogP contribution in [0.5, 0.6) is 0 Å². The fourth-order valence-corrected chi connectivity index (χ4v) is 12.5. The third-order valence-corrected chi connectivity index (χ3v) is 16.9. The van der Waals surface area contributed by atoms with Crippen LogP contribution in [0.2, 0.25) is 0 Å². The first kappa shape index (κ1) is 61.1. The average Bonchev–Trinajstić information content (AvgIpc) is 1.52. The van der Waals surface area contributed by atoms with Gasteiger partial charge in [0.05, 0.1) is 138 Å². The summed E-state index contributed by atoms with van der Waals surface area (Å²) < 4.78 is 96.3. The van der Waals surface area contributed by atoms with E-state index in [0.717, 1.165) is 24.3 Å². The summed E-state index contributed by atoms with van der Waals surface area (Å²) in [6, 6.07) is 70.7. The van der Waals surface area contributed by atoms with Gasteiger partial charge in [-0.15, -0.1) is 0 Å². The van der Waals surface area contributed by atoms with Gasteiger partial charge in [0.2, 0.25) is 0 Å². The molecule has 0 radical (unpaired) electrons. The topological polar surface area (TPSA) is 239 Å². The van der Waals surface area contributed by atoms with Crippen molar-refractivity contribution < 1.29 is 26.3 Å². The van der Waals surface area contributed by atoms with E-state index in [1.807, 2.05) is 0 Å². The van der Waals surface area contributed by atoms with Gasteiger partial charge >= 0.3 is 12.4 Å². The number of hydrogen-bond donors (Lipinski definition) is 0. The van der Waals surface area contributed by atoms with Crippen LogP contribution in [0.15, 0.2) is 212 Å². The fraction of sp³-hybridized carbons (Fsp3) is 0.0253. The predicted octanol–water partition coefficient (Wildman–Crippen LogP) is 18.7. The van der Waals surface area contributed by atoms with Crippen molar-refractivity contribution in [3.63, 3.8) is 0 Å². The molecular formula is C79H35F6N13. The minimum absolute atomic E-state index is 0.0776. The van der Waals surface area contributed by atoms with Crippen molar-refractivity contribution in [3.8, 4) is 139 Å². The normalized spacial score (nSPS) is 11.3. The van der Waals surface area contributed by atoms with Gasteiger partial charge in [0.1, 0.15) is 0 Å². The smallest absolute Gasteiger partial charge is 0.309 e. The molecule has 0 aliphatic rings. The lowest BCUT2D eigenvalue weighted by Gasteiger charge is -2.19. The quantitative estimate of drug-likeness (QED) is 0.123. The second-order valence-electron chi connectivity index (χ2n) is 22.8. The highest BCUT2D eigenvalue weighted by atomic mass is 19.4. The summed E-state index contributed by atoms with van der Waals surface area (Å²) in [7, 11) is 0. The first-order valence-electron chi connectivity index (χ1n) is 29.6. The van der Waals surface area contributed by atoms with E-state index in [2.05, 4.69) is 48.6 Å². The SMILES string of the molecule is N#Cc1cc(C#N)cc(-c2ccc3c(c2)c2cc(-c4cc(C#N)cc(C#N)c4)ccc2n3-c2ccc(C(F)(F)F)cc2-c2nc(-c3ccccc3)nc(-c3cc(C(F)(F)F)ccc3-n3c4ccc(-c5cc(C#N)cc(C#N)c5)cc4c4cc(-c5cc(C#N)cc(C#N)c5)ccc43)n2)c1. The van der Waals surface area contributed by atoms with E-state index in [9.17, 15) is 42.1 Å². The summed E-state index contributed by atoms with van der Waals surface area (Å²) >= 11 is 0. The highest BCUT2D eigenvalue weighted by Gasteiger charge is 2.35. The van der Waals surface area contributed by atoms with E-state index in [0.29, 0.717) is 93.7 Å². The molecule has 0 N–H and O–H groups in total. The number of nitrogens with zero attached hydrogens (tertiary/aromatic N) is 13. The van der Waals surface area contributed by atoms with E-state index < -0.39 is 23.5 Å². The summed E-state index contributed by atoms with van der Waals surface area (Å²) in [5, 5.41) is 82.0. The zero-order valence-electron chi connectivity index (χ0n) is 50.3. The van der Waals surface area contributed by atoms with Gasteiger partial charge in [-0.3, -0.25) is 0 Å². The highest BCUT2D eigenvalue weighted by molar-refractivity contribution is 6.14. The summed E-state index contributed by atoms with van der Waals surface area (Å²) in [5.41, 5.74) is 5.29. The largest absolute Gasteiger partial charge is 0.416 e. The molecule has 3 heterocycles. The van der Waals surface area contributed by atoms with Gasteiger partial charge in [-0.05, 0) is 202 Å². The van der Waals surface area contributed by atoms with Gasteiger partial charge in [0.15, 0.2) is 17.5 Å². The lowest BCUT2D eigenvalue weighted by atomic mass is 9.97. The molecule has 0 aliphatic heterocycles. The number of alkyl halides is 6. The molecule has 0 aliphatic carbocycles. The molecule has 458 valence electrons. The molecule has 11 aromatic carbocycles. The molecule has 13 nitrogen and oxygen atoms in total. The Labute approximate surface area is 552 Å². The Balaban J connectivity index is 1.05. The third kappa shape index (κ3) is 11.0. The second kappa shape index (κ2) is 23.9. The molecule has 0 bridgehead atoms. The van der Waals surface area contributed by atoms with E-state index in [1.54, 1.807) is 161 Å². The molecule has 14 rings (SSSR count). The minimum atomic E-state index is -4.98. The number of benzene rings is 11. The van der Waals surface area contributed by atoms with Crippen LogP contribution in [0.3, 0.4) is 0 Å². The minimum Gasteiger partial charge on any atom is -0.309 e. The average molecular weight is 1280 g/mol. The van der Waals surface area contributed by atoms with Gasteiger partial charge in [-0.1, -0.05) is 54.6 Å². The van der Waals surface area contributed by atoms with Crippen molar-refractivity contribution in [1.29, 1.82) is 42.1 Å². The summed E-state index contributed by atoms with van der Waals surface area (Å²) in [6.07, 6.45) is -9.96. The maximum Gasteiger partial charge on any atom is 0.416 e. The molecule has 0 spiro atoms. The van der Waals surface area contributed by atoms with Gasteiger partial charge < -0.3 is 9.13 Å². The van der Waals surface area contributed by atoms with Crippen LogP contribution in [0.1, 0.15) is 55.6 Å². The maximum atomic E-state index is 15.5. The summed E-state index contributed by atoms with van der Waals surface area (Å²) in [4.78, 5) is 14.8. The van der Waals surface area contributed by atoms with E-state index >= 15 is 26.3 Å². The zero-order chi connectivity index (χ0) is 68.3. The monoisotopic (exact) mass is 1280 g/mol. The Hall–Kier alpha value is -14.5. The Morgan fingerprint density at radius 3 is 0.776 bits per heavy atom. The van der Waals surface area contributed by atoms with Crippen LogP contribution < -0.4 is 0 Å². The van der Waals surface area contributed by atoms with E-state index in [1.165, 1.54) is 36.4 Å². The molecule has 0 saturated carbocycles. The number of nitriles is 8. The molecule has 14 aromatic rings. The Morgan fingerprint density at radius 1 is 0.255 bits per heavy atom. The number of hydrogen-bond acceptors (Lipinski definition) is 11. The molecular weight excluding hydrogens is 1240 g/mol. The summed E-state index contributed by atoms with van der Waals surface area (Å²) in [5.74, 6) is -0.911. The second-order valence-corrected chi connectivity index (χ2v) is 22.8. The predicted molar refractivity (Wildman–Crippen MR) is 354 cm³/mol. The van der Waals surface area contributed by atoms with Crippen LogP contribution in [0.25, 0.3) is 134 Å². The zero-order valence-corrected chi connectivity index (χ0v) is 50.3. The number of aromatic nitrogens is 5. The van der Waals surface area contributed by atoms with Crippen LogP contribution >= 0.6 is 0 Å². The van der Waals surface area contributed by atoms with Crippen LogP contribution in [-0.4, -0.2) is 24.1 Å². The molecule has 19 heteroatoms. The van der Waals surface area contributed by atoms with Crippen molar-refractivity contribution in [3.05, 3.63) is 268 Å². The van der Waals surface area contributed by atoms with Crippen molar-refractivity contribution >= 4 is 43.6 Å². The Bertz CT molecular complexity index is 5410. The van der Waals surface area contributed by atoms with Crippen LogP contribution in [0, 0.1) is 90.6 Å². The van der Waals surface area contributed by atoms with Crippen molar-refractivity contribution in [2.24, 2.45) is 0 Å². The molecule has 0 saturated heterocycles. The molecule has 0 unspecified atom stereocenters. The van der Waals surface area contributed by atoms with Gasteiger partial charge in [0.25, 0.3) is 0 Å². The third-order valence-electron chi connectivity index (χ3n) is 16.9. The molecule has 0 atom stereocenters. The fourth-order valence-electron chi connectivity index (χ4n) is 12.5. The summed E-state index contributed by atoms with van der Waals surface area (Å²) in [6.45, 7) is 0. The maximum absolute atomic E-state index is 15.5. The van der Waals surface area contributed by atoms with Crippen molar-refractivity contribution in [2.45, 2.75) is 12.4 Å². The first-order valence-corrected chi connectivity index (χ1v) is 29.6. The highest BCUT2D eigenvalue weighted by Crippen LogP contribution is 2.46. The number of fused-ring (bicyclic) bond motifs is 6. The molecule has 98 heavy (non-hydrogen) atoms. The van der Waals surface area contributed by atoms with Crippen molar-refractivity contribution in [1.82, 2.24) is 24.1 Å². The van der Waals surface area contributed by atoms with Crippen LogP contribution in [0.4, 0.5) is 26.3 Å². The lowest BCUT2D eigenvalue weighted by Crippen LogP contribution is -2.10. The van der Waals surface area contributed by atoms with E-state index in [4.69, 9.17) is 15.0 Å².